The maximum absolute atomic E-state index is 11.1. The van der Waals surface area contributed by atoms with E-state index in [0.29, 0.717) is 24.3 Å². The van der Waals surface area contributed by atoms with Gasteiger partial charge in [0.25, 0.3) is 5.69 Å². The van der Waals surface area contributed by atoms with Crippen molar-refractivity contribution in [2.45, 2.75) is 6.29 Å². The van der Waals surface area contributed by atoms with Gasteiger partial charge in [0, 0.05) is 29.6 Å². The lowest BCUT2D eigenvalue weighted by Crippen LogP contribution is -2.03. The lowest BCUT2D eigenvalue weighted by molar-refractivity contribution is -0.385. The van der Waals surface area contributed by atoms with Crippen molar-refractivity contribution in [3.8, 4) is 0 Å². The molecule has 7 nitrogen and oxygen atoms in total. The van der Waals surface area contributed by atoms with Crippen LogP contribution in [0.4, 0.5) is 5.69 Å². The van der Waals surface area contributed by atoms with Crippen LogP contribution in [0, 0.1) is 15.5 Å². The van der Waals surface area contributed by atoms with E-state index in [1.807, 2.05) is 0 Å². The van der Waals surface area contributed by atoms with Crippen LogP contribution in [0.5, 0.6) is 0 Å². The highest BCUT2D eigenvalue weighted by Gasteiger charge is 2.23. The third-order valence-electron chi connectivity index (χ3n) is 2.76. The Labute approximate surface area is 109 Å². The van der Waals surface area contributed by atoms with Gasteiger partial charge in [-0.05, 0) is 6.07 Å². The van der Waals surface area contributed by atoms with Crippen LogP contribution in [0.3, 0.4) is 0 Å². The average Bonchev–Trinajstić information content (AvgIpc) is 2.94. The van der Waals surface area contributed by atoms with Gasteiger partial charge in [-0.15, -0.1) is 0 Å². The van der Waals surface area contributed by atoms with Crippen LogP contribution in [0.1, 0.15) is 17.4 Å². The normalized spacial score (nSPS) is 16.5. The Bertz CT molecular complexity index is 536. The van der Waals surface area contributed by atoms with Crippen molar-refractivity contribution in [1.82, 2.24) is 0 Å². The summed E-state index contributed by atoms with van der Waals surface area (Å²) in [6, 6.07) is 4.60. The third kappa shape index (κ3) is 2.61. The minimum Gasteiger partial charge on any atom is -0.404 e. The van der Waals surface area contributed by atoms with E-state index >= 15 is 0 Å². The molecule has 0 saturated carbocycles. The molecule has 1 fully saturated rings. The third-order valence-corrected chi connectivity index (χ3v) is 2.76. The highest BCUT2D eigenvalue weighted by Crippen LogP contribution is 2.31. The molecule has 1 aromatic rings. The fourth-order valence-electron chi connectivity index (χ4n) is 1.86. The van der Waals surface area contributed by atoms with Crippen LogP contribution in [0.25, 0.3) is 5.57 Å². The molecule has 7 heteroatoms. The fourth-order valence-corrected chi connectivity index (χ4v) is 1.86. The monoisotopic (exact) mass is 263 g/mol. The smallest absolute Gasteiger partial charge is 0.277 e. The van der Waals surface area contributed by atoms with Gasteiger partial charge in [0.1, 0.15) is 0 Å². The first-order chi connectivity index (χ1) is 9.17. The largest absolute Gasteiger partial charge is 0.404 e. The molecule has 1 aliphatic heterocycles. The number of nitro groups is 1. The summed E-state index contributed by atoms with van der Waals surface area (Å²) in [4.78, 5) is 10.6. The zero-order chi connectivity index (χ0) is 13.8. The summed E-state index contributed by atoms with van der Waals surface area (Å²) in [6.07, 6.45) is 1.57. The van der Waals surface area contributed by atoms with Gasteiger partial charge in [-0.1, -0.05) is 6.07 Å². The SMILES string of the molecule is N=C/C(=C\N)c1ccc(C2OCCO2)cc1[N+](=O)[O-]. The standard InChI is InChI=1S/C12H13N3O4/c13-6-9(7-14)10-2-1-8(5-11(10)15(16)17)12-18-3-4-19-12/h1-2,5-7,12-13H,3-4,14H2/b9-7+,13-6?. The summed E-state index contributed by atoms with van der Waals surface area (Å²) >= 11 is 0. The van der Waals surface area contributed by atoms with E-state index in [1.165, 1.54) is 6.07 Å². The zero-order valence-corrected chi connectivity index (χ0v) is 10.0. The number of nitrogens with one attached hydrogen (secondary N) is 1. The molecule has 100 valence electrons. The first-order valence-corrected chi connectivity index (χ1v) is 5.61. The Balaban J connectivity index is 2.46. The maximum Gasteiger partial charge on any atom is 0.277 e. The van der Waals surface area contributed by atoms with Crippen LogP contribution in [-0.2, 0) is 9.47 Å². The van der Waals surface area contributed by atoms with Crippen LogP contribution < -0.4 is 5.73 Å². The number of nitro benzene ring substituents is 1. The number of rotatable bonds is 4. The van der Waals surface area contributed by atoms with Gasteiger partial charge in [-0.3, -0.25) is 10.1 Å². The molecule has 1 saturated heterocycles. The van der Waals surface area contributed by atoms with E-state index in [2.05, 4.69) is 0 Å². The number of hydrogen-bond acceptors (Lipinski definition) is 6. The molecule has 1 aliphatic rings. The fraction of sp³-hybridized carbons (Fsp3) is 0.250. The van der Waals surface area contributed by atoms with Crippen LogP contribution in [0.2, 0.25) is 0 Å². The van der Waals surface area contributed by atoms with Crippen molar-refractivity contribution in [2.75, 3.05) is 13.2 Å². The van der Waals surface area contributed by atoms with Gasteiger partial charge in [-0.2, -0.15) is 0 Å². The van der Waals surface area contributed by atoms with Crippen molar-refractivity contribution in [1.29, 1.82) is 5.41 Å². The highest BCUT2D eigenvalue weighted by molar-refractivity contribution is 6.09. The number of allylic oxidation sites excluding steroid dienone is 1. The Morgan fingerprint density at radius 2 is 2.16 bits per heavy atom. The summed E-state index contributed by atoms with van der Waals surface area (Å²) in [6.45, 7) is 0.934. The van der Waals surface area contributed by atoms with Crippen molar-refractivity contribution in [3.05, 3.63) is 45.6 Å². The molecule has 0 unspecified atom stereocenters. The molecular formula is C12H13N3O4. The molecule has 0 bridgehead atoms. The number of nitrogens with two attached hydrogens (primary N) is 1. The molecule has 19 heavy (non-hydrogen) atoms. The van der Waals surface area contributed by atoms with Gasteiger partial charge in [-0.25, -0.2) is 0 Å². The minimum atomic E-state index is -0.571. The predicted octanol–water partition coefficient (Wildman–Crippen LogP) is 1.59. The van der Waals surface area contributed by atoms with Gasteiger partial charge < -0.3 is 20.6 Å². The molecule has 0 radical (unpaired) electrons. The van der Waals surface area contributed by atoms with Crippen LogP contribution in [-0.4, -0.2) is 24.4 Å². The summed E-state index contributed by atoms with van der Waals surface area (Å²) in [5, 5.41) is 18.3. The Kier molecular flexibility index (Phi) is 3.88. The zero-order valence-electron chi connectivity index (χ0n) is 10.0. The second-order valence-electron chi connectivity index (χ2n) is 3.87. The summed E-state index contributed by atoms with van der Waals surface area (Å²) in [5.41, 5.74) is 6.39. The molecule has 1 heterocycles. The van der Waals surface area contributed by atoms with Crippen molar-refractivity contribution in [2.24, 2.45) is 5.73 Å². The molecule has 0 spiro atoms. The van der Waals surface area contributed by atoms with Crippen molar-refractivity contribution < 1.29 is 14.4 Å². The van der Waals surface area contributed by atoms with Crippen molar-refractivity contribution in [3.63, 3.8) is 0 Å². The Hall–Kier alpha value is -2.25. The van der Waals surface area contributed by atoms with E-state index < -0.39 is 11.2 Å². The molecular weight excluding hydrogens is 250 g/mol. The first kappa shape index (κ1) is 13.2. The number of benzene rings is 1. The topological polar surface area (TPSA) is 111 Å². The van der Waals surface area contributed by atoms with Crippen LogP contribution >= 0.6 is 0 Å². The maximum atomic E-state index is 11.1. The molecule has 0 aliphatic carbocycles. The lowest BCUT2D eigenvalue weighted by Gasteiger charge is -2.10. The van der Waals surface area contributed by atoms with E-state index in [0.717, 1.165) is 12.4 Å². The molecule has 2 rings (SSSR count). The molecule has 0 amide bonds. The van der Waals surface area contributed by atoms with Gasteiger partial charge >= 0.3 is 0 Å². The molecule has 3 N–H and O–H groups in total. The Morgan fingerprint density at radius 1 is 1.47 bits per heavy atom. The average molecular weight is 263 g/mol. The summed E-state index contributed by atoms with van der Waals surface area (Å²) in [5.74, 6) is 0. The lowest BCUT2D eigenvalue weighted by atomic mass is 10.0. The second-order valence-corrected chi connectivity index (χ2v) is 3.87. The van der Waals surface area contributed by atoms with Gasteiger partial charge in [0.15, 0.2) is 6.29 Å². The quantitative estimate of drug-likeness (QED) is 0.486. The summed E-state index contributed by atoms with van der Waals surface area (Å²) < 4.78 is 10.6. The van der Waals surface area contributed by atoms with E-state index in [4.69, 9.17) is 20.6 Å². The Morgan fingerprint density at radius 3 is 2.68 bits per heavy atom. The number of ether oxygens (including phenoxy) is 2. The second kappa shape index (κ2) is 5.59. The number of hydrogen-bond donors (Lipinski definition) is 2. The minimum absolute atomic E-state index is 0.128. The number of nitrogens with zero attached hydrogens (tertiary/aromatic N) is 1. The summed E-state index contributed by atoms with van der Waals surface area (Å²) in [7, 11) is 0. The van der Waals surface area contributed by atoms with Gasteiger partial charge in [0.2, 0.25) is 0 Å². The highest BCUT2D eigenvalue weighted by atomic mass is 16.7. The molecule has 1 aromatic carbocycles. The molecule has 0 aromatic heterocycles. The predicted molar refractivity (Wildman–Crippen MR) is 68.7 cm³/mol. The van der Waals surface area contributed by atoms with Gasteiger partial charge in [0.05, 0.1) is 23.7 Å². The van der Waals surface area contributed by atoms with Crippen LogP contribution in [0.15, 0.2) is 24.4 Å². The van der Waals surface area contributed by atoms with E-state index in [-0.39, 0.29) is 11.3 Å². The molecule has 0 atom stereocenters. The van der Waals surface area contributed by atoms with E-state index in [9.17, 15) is 10.1 Å². The van der Waals surface area contributed by atoms with E-state index in [1.54, 1.807) is 12.1 Å². The first-order valence-electron chi connectivity index (χ1n) is 5.61. The van der Waals surface area contributed by atoms with Crippen molar-refractivity contribution >= 4 is 17.5 Å².